The van der Waals surface area contributed by atoms with E-state index >= 15 is 0 Å². The van der Waals surface area contributed by atoms with Gasteiger partial charge in [-0.15, -0.1) is 0 Å². The maximum atomic E-state index is 4.78. The number of aromatic nitrogens is 1. The monoisotopic (exact) mass is 573 g/mol. The summed E-state index contributed by atoms with van der Waals surface area (Å²) in [7, 11) is 0. The Morgan fingerprint density at radius 1 is 0.432 bits per heavy atom. The molecule has 3 heteroatoms. The number of pyridine rings is 1. The standard InChI is InChI=1S/C41H45B2N/c1-26(2)31-15-13-16-32(27(3)4)40(31)42-35-19-9-10-20-36(35)43(41-33(28(5)6)17-14-18-34(41)29(7)8)38-25-30(22-23-37(38)42)39-21-11-12-24-44-39/h9-29H,1-8H3. The van der Waals surface area contributed by atoms with Crippen LogP contribution in [0.1, 0.15) is 101 Å². The van der Waals surface area contributed by atoms with Crippen molar-refractivity contribution in [2.75, 3.05) is 0 Å². The van der Waals surface area contributed by atoms with Crippen LogP contribution in [0.4, 0.5) is 0 Å². The molecule has 0 N–H and O–H groups in total. The molecule has 0 saturated heterocycles. The van der Waals surface area contributed by atoms with E-state index in [1.807, 2.05) is 12.3 Å². The predicted molar refractivity (Wildman–Crippen MR) is 195 cm³/mol. The molecule has 1 aliphatic rings. The Morgan fingerprint density at radius 2 is 0.864 bits per heavy atom. The maximum Gasteiger partial charge on any atom is 0.240 e. The molecule has 0 atom stereocenters. The summed E-state index contributed by atoms with van der Waals surface area (Å²) in [5, 5.41) is 0. The summed E-state index contributed by atoms with van der Waals surface area (Å²) in [4.78, 5) is 4.78. The SMILES string of the molecule is CC(C)c1cccc(C(C)C)c1B1c2ccccc2B(c2c(C(C)C)cccc2C(C)C)c2cc(-c3ccccn3)ccc21. The zero-order valence-corrected chi connectivity index (χ0v) is 27.7. The lowest BCUT2D eigenvalue weighted by Gasteiger charge is -2.37. The molecule has 1 aromatic heterocycles. The quantitative estimate of drug-likeness (QED) is 0.197. The Hall–Kier alpha value is -3.84. The highest BCUT2D eigenvalue weighted by Gasteiger charge is 2.42. The largest absolute Gasteiger partial charge is 0.256 e. The average molecular weight is 573 g/mol. The van der Waals surface area contributed by atoms with Gasteiger partial charge in [0.25, 0.3) is 0 Å². The van der Waals surface area contributed by atoms with Crippen LogP contribution >= 0.6 is 0 Å². The molecule has 1 aliphatic heterocycles. The van der Waals surface area contributed by atoms with Crippen molar-refractivity contribution >= 4 is 46.2 Å². The van der Waals surface area contributed by atoms with Crippen LogP contribution in [0.5, 0.6) is 0 Å². The van der Waals surface area contributed by atoms with Gasteiger partial charge in [0.1, 0.15) is 0 Å². The first-order chi connectivity index (χ1) is 21.2. The fourth-order valence-electron chi connectivity index (χ4n) is 7.66. The Kier molecular flexibility index (Phi) is 8.42. The van der Waals surface area contributed by atoms with Crippen molar-refractivity contribution in [2.45, 2.75) is 79.1 Å². The normalized spacial score (nSPS) is 12.8. The van der Waals surface area contributed by atoms with Crippen LogP contribution < -0.4 is 32.8 Å². The molecule has 44 heavy (non-hydrogen) atoms. The van der Waals surface area contributed by atoms with Crippen LogP contribution in [0.2, 0.25) is 0 Å². The highest BCUT2D eigenvalue weighted by molar-refractivity contribution is 7.11. The third-order valence-corrected chi connectivity index (χ3v) is 9.70. The van der Waals surface area contributed by atoms with Gasteiger partial charge in [0, 0.05) is 6.20 Å². The van der Waals surface area contributed by atoms with Gasteiger partial charge in [-0.2, -0.15) is 0 Å². The summed E-state index contributed by atoms with van der Waals surface area (Å²) >= 11 is 0. The zero-order valence-electron chi connectivity index (χ0n) is 27.7. The van der Waals surface area contributed by atoms with E-state index < -0.39 is 0 Å². The van der Waals surface area contributed by atoms with E-state index in [1.54, 1.807) is 0 Å². The summed E-state index contributed by atoms with van der Waals surface area (Å²) in [6.45, 7) is 19.1. The lowest BCUT2D eigenvalue weighted by Crippen LogP contribution is -2.76. The van der Waals surface area contributed by atoms with E-state index in [2.05, 4.69) is 146 Å². The number of benzene rings is 4. The van der Waals surface area contributed by atoms with Gasteiger partial charge in [-0.05, 0) is 63.6 Å². The van der Waals surface area contributed by atoms with E-state index in [0.29, 0.717) is 23.7 Å². The first-order valence-corrected chi connectivity index (χ1v) is 16.6. The lowest BCUT2D eigenvalue weighted by atomic mass is 9.20. The Morgan fingerprint density at radius 3 is 1.30 bits per heavy atom. The van der Waals surface area contributed by atoms with E-state index in [0.717, 1.165) is 5.69 Å². The molecule has 0 aliphatic carbocycles. The average Bonchev–Trinajstić information content (AvgIpc) is 3.03. The van der Waals surface area contributed by atoms with E-state index in [9.17, 15) is 0 Å². The lowest BCUT2D eigenvalue weighted by molar-refractivity contribution is 0.844. The minimum Gasteiger partial charge on any atom is -0.256 e. The molecule has 1 nitrogen and oxygen atoms in total. The van der Waals surface area contributed by atoms with Gasteiger partial charge in [-0.3, -0.25) is 4.98 Å². The van der Waals surface area contributed by atoms with Crippen molar-refractivity contribution in [3.8, 4) is 11.3 Å². The molecular formula is C41H45B2N. The third kappa shape index (κ3) is 5.25. The zero-order chi connectivity index (χ0) is 31.1. The molecule has 0 fully saturated rings. The van der Waals surface area contributed by atoms with Crippen LogP contribution in [0.15, 0.2) is 103 Å². The summed E-state index contributed by atoms with van der Waals surface area (Å²) in [5.41, 5.74) is 16.7. The van der Waals surface area contributed by atoms with E-state index in [1.165, 1.54) is 60.6 Å². The van der Waals surface area contributed by atoms with Gasteiger partial charge < -0.3 is 0 Å². The number of fused-ring (bicyclic) bond motifs is 2. The molecule has 4 aromatic carbocycles. The molecule has 0 bridgehead atoms. The second-order valence-electron chi connectivity index (χ2n) is 13.9. The summed E-state index contributed by atoms with van der Waals surface area (Å²) in [6.07, 6.45) is 1.91. The first kappa shape index (κ1) is 30.2. The van der Waals surface area contributed by atoms with Crippen molar-refractivity contribution in [3.63, 3.8) is 0 Å². The Bertz CT molecular complexity index is 1730. The summed E-state index contributed by atoms with van der Waals surface area (Å²) in [5.74, 6) is 1.70. The van der Waals surface area contributed by atoms with Crippen LogP contribution in [0.3, 0.4) is 0 Å². The molecule has 220 valence electrons. The van der Waals surface area contributed by atoms with Gasteiger partial charge in [-0.25, -0.2) is 0 Å². The smallest absolute Gasteiger partial charge is 0.240 e. The Labute approximate surface area is 266 Å². The molecule has 0 unspecified atom stereocenters. The van der Waals surface area contributed by atoms with Crippen molar-refractivity contribution in [1.29, 1.82) is 0 Å². The number of hydrogen-bond acceptors (Lipinski definition) is 1. The van der Waals surface area contributed by atoms with Crippen LogP contribution in [0.25, 0.3) is 11.3 Å². The number of nitrogens with zero attached hydrogens (tertiary/aromatic N) is 1. The molecule has 0 amide bonds. The number of rotatable bonds is 7. The molecular weight excluding hydrogens is 528 g/mol. The molecule has 2 heterocycles. The first-order valence-electron chi connectivity index (χ1n) is 16.6. The van der Waals surface area contributed by atoms with E-state index in [4.69, 9.17) is 4.98 Å². The number of hydrogen-bond donors (Lipinski definition) is 0. The van der Waals surface area contributed by atoms with Gasteiger partial charge in [0.2, 0.25) is 13.4 Å². The molecule has 0 saturated carbocycles. The highest BCUT2D eigenvalue weighted by atomic mass is 14.7. The van der Waals surface area contributed by atoms with Crippen molar-refractivity contribution in [1.82, 2.24) is 4.98 Å². The minimum atomic E-state index is 0.144. The Balaban J connectivity index is 1.75. The van der Waals surface area contributed by atoms with Gasteiger partial charge in [0.05, 0.1) is 5.69 Å². The summed E-state index contributed by atoms with van der Waals surface area (Å²) < 4.78 is 0. The van der Waals surface area contributed by atoms with Gasteiger partial charge in [-0.1, -0.05) is 173 Å². The highest BCUT2D eigenvalue weighted by Crippen LogP contribution is 2.24. The van der Waals surface area contributed by atoms with Crippen LogP contribution in [-0.2, 0) is 0 Å². The van der Waals surface area contributed by atoms with Gasteiger partial charge in [0.15, 0.2) is 0 Å². The topological polar surface area (TPSA) is 12.9 Å². The van der Waals surface area contributed by atoms with Crippen molar-refractivity contribution in [3.05, 3.63) is 126 Å². The predicted octanol–water partition coefficient (Wildman–Crippen LogP) is 6.59. The van der Waals surface area contributed by atoms with Crippen LogP contribution in [-0.4, -0.2) is 18.4 Å². The molecule has 0 radical (unpaired) electrons. The van der Waals surface area contributed by atoms with Crippen LogP contribution in [0, 0.1) is 0 Å². The maximum absolute atomic E-state index is 4.78. The fraction of sp³-hybridized carbons (Fsp3) is 0.293. The van der Waals surface area contributed by atoms with Crippen molar-refractivity contribution in [2.24, 2.45) is 0 Å². The molecule has 0 spiro atoms. The van der Waals surface area contributed by atoms with Crippen molar-refractivity contribution < 1.29 is 0 Å². The minimum absolute atomic E-state index is 0.144. The van der Waals surface area contributed by atoms with E-state index in [-0.39, 0.29) is 13.4 Å². The van der Waals surface area contributed by atoms with Gasteiger partial charge >= 0.3 is 0 Å². The third-order valence-electron chi connectivity index (χ3n) is 9.70. The molecule has 5 aromatic rings. The second kappa shape index (κ2) is 12.3. The summed E-state index contributed by atoms with van der Waals surface area (Å²) in [6, 6.07) is 36.8. The fourth-order valence-corrected chi connectivity index (χ4v) is 7.66. The second-order valence-corrected chi connectivity index (χ2v) is 13.9. The molecule has 6 rings (SSSR count).